The van der Waals surface area contributed by atoms with E-state index in [1.54, 1.807) is 0 Å². The molecule has 4 aromatic heterocycles. The molecule has 0 saturated carbocycles. The average Bonchev–Trinajstić information content (AvgIpc) is 3.71. The van der Waals surface area contributed by atoms with Gasteiger partial charge in [0.1, 0.15) is 5.82 Å². The van der Waals surface area contributed by atoms with Gasteiger partial charge >= 0.3 is 0 Å². The van der Waals surface area contributed by atoms with E-state index < -0.39 is 0 Å². The van der Waals surface area contributed by atoms with Gasteiger partial charge in [0.05, 0.1) is 22.1 Å². The number of fused-ring (bicyclic) bond motifs is 6. The lowest BCUT2D eigenvalue weighted by atomic mass is 10.0. The van der Waals surface area contributed by atoms with Gasteiger partial charge in [-0.3, -0.25) is 9.13 Å². The van der Waals surface area contributed by atoms with Gasteiger partial charge in [0.15, 0.2) is 0 Å². The standard InChI is InChI=1S/C45H29N5/c1-3-11-30(12-4-1)34-21-24-44(46-27-34)49-40-17-9-7-15-36(40)38-22-19-32(25-42(38)49)33-20-23-39-37-16-8-10-18-41(37)50(43(39)26-33)45-47-28-35(29-48-45)31-13-5-2-6-14-31/h1-29H. The molecule has 6 aromatic carbocycles. The third-order valence-electron chi connectivity index (χ3n) is 9.71. The molecule has 4 heterocycles. The van der Waals surface area contributed by atoms with Crippen molar-refractivity contribution in [3.8, 4) is 45.1 Å². The summed E-state index contributed by atoms with van der Waals surface area (Å²) in [5.74, 6) is 1.54. The number of para-hydroxylation sites is 2. The van der Waals surface area contributed by atoms with Crippen molar-refractivity contribution >= 4 is 43.6 Å². The number of pyridine rings is 1. The second-order valence-electron chi connectivity index (χ2n) is 12.6. The van der Waals surface area contributed by atoms with Crippen molar-refractivity contribution in [1.82, 2.24) is 24.1 Å². The van der Waals surface area contributed by atoms with Crippen molar-refractivity contribution in [3.63, 3.8) is 0 Å². The lowest BCUT2D eigenvalue weighted by Crippen LogP contribution is -2.00. The van der Waals surface area contributed by atoms with Crippen LogP contribution < -0.4 is 0 Å². The number of hydrogen-bond donors (Lipinski definition) is 0. The number of aromatic nitrogens is 5. The Kier molecular flexibility index (Phi) is 6.42. The molecule has 0 radical (unpaired) electrons. The zero-order chi connectivity index (χ0) is 33.0. The molecule has 10 aromatic rings. The molecule has 5 nitrogen and oxygen atoms in total. The molecule has 5 heteroatoms. The number of hydrogen-bond acceptors (Lipinski definition) is 3. The molecule has 10 rings (SSSR count). The monoisotopic (exact) mass is 639 g/mol. The van der Waals surface area contributed by atoms with Crippen LogP contribution in [0.1, 0.15) is 0 Å². The molecule has 0 N–H and O–H groups in total. The minimum Gasteiger partial charge on any atom is -0.294 e. The van der Waals surface area contributed by atoms with Gasteiger partial charge in [0, 0.05) is 51.3 Å². The van der Waals surface area contributed by atoms with E-state index >= 15 is 0 Å². The zero-order valence-corrected chi connectivity index (χ0v) is 27.0. The predicted octanol–water partition coefficient (Wildman–Crippen LogP) is 11.1. The van der Waals surface area contributed by atoms with Crippen LogP contribution in [0.25, 0.3) is 88.8 Å². The third-order valence-corrected chi connectivity index (χ3v) is 9.71. The zero-order valence-electron chi connectivity index (χ0n) is 27.0. The largest absolute Gasteiger partial charge is 0.294 e. The fourth-order valence-corrected chi connectivity index (χ4v) is 7.30. The van der Waals surface area contributed by atoms with E-state index in [2.05, 4.69) is 143 Å². The summed E-state index contributed by atoms with van der Waals surface area (Å²) in [4.78, 5) is 14.7. The number of benzene rings is 6. The van der Waals surface area contributed by atoms with E-state index in [9.17, 15) is 0 Å². The number of rotatable bonds is 5. The summed E-state index contributed by atoms with van der Waals surface area (Å²) >= 11 is 0. The molecule has 0 saturated heterocycles. The van der Waals surface area contributed by atoms with Gasteiger partial charge in [-0.15, -0.1) is 0 Å². The van der Waals surface area contributed by atoms with Gasteiger partial charge in [-0.1, -0.05) is 121 Å². The summed E-state index contributed by atoms with van der Waals surface area (Å²) in [6.07, 6.45) is 5.79. The molecule has 0 spiro atoms. The first-order valence-corrected chi connectivity index (χ1v) is 16.8. The van der Waals surface area contributed by atoms with Gasteiger partial charge in [-0.05, 0) is 58.7 Å². The minimum absolute atomic E-state index is 0.647. The molecule has 234 valence electrons. The average molecular weight is 640 g/mol. The van der Waals surface area contributed by atoms with Crippen molar-refractivity contribution in [2.24, 2.45) is 0 Å². The first-order valence-electron chi connectivity index (χ1n) is 16.8. The summed E-state index contributed by atoms with van der Waals surface area (Å²) in [6.45, 7) is 0. The highest BCUT2D eigenvalue weighted by Gasteiger charge is 2.17. The lowest BCUT2D eigenvalue weighted by Gasteiger charge is -2.10. The Morgan fingerprint density at radius 2 is 0.760 bits per heavy atom. The molecule has 0 unspecified atom stereocenters. The van der Waals surface area contributed by atoms with Gasteiger partial charge in [0.25, 0.3) is 0 Å². The Morgan fingerprint density at radius 3 is 1.34 bits per heavy atom. The molecule has 0 aliphatic carbocycles. The molecular weight excluding hydrogens is 611 g/mol. The summed E-state index contributed by atoms with van der Waals surface area (Å²) < 4.78 is 4.46. The van der Waals surface area contributed by atoms with Crippen molar-refractivity contribution in [1.29, 1.82) is 0 Å². The van der Waals surface area contributed by atoms with Crippen LogP contribution in [0, 0.1) is 0 Å². The third kappa shape index (κ3) is 4.52. The molecular formula is C45H29N5. The molecule has 50 heavy (non-hydrogen) atoms. The van der Waals surface area contributed by atoms with Crippen LogP contribution in [0.2, 0.25) is 0 Å². The van der Waals surface area contributed by atoms with E-state index in [0.29, 0.717) is 5.95 Å². The van der Waals surface area contributed by atoms with Gasteiger partial charge in [-0.2, -0.15) is 0 Å². The van der Waals surface area contributed by atoms with Crippen molar-refractivity contribution < 1.29 is 0 Å². The van der Waals surface area contributed by atoms with E-state index in [1.807, 2.05) is 42.9 Å². The van der Waals surface area contributed by atoms with Gasteiger partial charge in [0.2, 0.25) is 5.95 Å². The predicted molar refractivity (Wildman–Crippen MR) is 205 cm³/mol. The maximum absolute atomic E-state index is 4.98. The topological polar surface area (TPSA) is 48.5 Å². The quantitative estimate of drug-likeness (QED) is 0.188. The molecule has 0 bridgehead atoms. The van der Waals surface area contributed by atoms with E-state index in [4.69, 9.17) is 15.0 Å². The highest BCUT2D eigenvalue weighted by Crippen LogP contribution is 2.37. The van der Waals surface area contributed by atoms with Crippen LogP contribution in [0.5, 0.6) is 0 Å². The van der Waals surface area contributed by atoms with Crippen LogP contribution in [-0.4, -0.2) is 24.1 Å². The van der Waals surface area contributed by atoms with Crippen molar-refractivity contribution in [2.45, 2.75) is 0 Å². The smallest absolute Gasteiger partial charge is 0.234 e. The summed E-state index contributed by atoms with van der Waals surface area (Å²) in [5, 5.41) is 4.73. The van der Waals surface area contributed by atoms with Gasteiger partial charge < -0.3 is 0 Å². The van der Waals surface area contributed by atoms with Gasteiger partial charge in [-0.25, -0.2) is 15.0 Å². The maximum atomic E-state index is 4.98. The van der Waals surface area contributed by atoms with Crippen molar-refractivity contribution in [3.05, 3.63) is 176 Å². The fraction of sp³-hybridized carbons (Fsp3) is 0. The second-order valence-corrected chi connectivity index (χ2v) is 12.6. The molecule has 0 atom stereocenters. The molecule has 0 aliphatic heterocycles. The highest BCUT2D eigenvalue weighted by atomic mass is 15.1. The summed E-state index contributed by atoms with van der Waals surface area (Å²) in [6, 6.07) is 55.4. The Hall–Kier alpha value is -6.85. The first-order chi connectivity index (χ1) is 24.8. The maximum Gasteiger partial charge on any atom is 0.234 e. The second kappa shape index (κ2) is 11.4. The minimum atomic E-state index is 0.647. The van der Waals surface area contributed by atoms with Crippen LogP contribution in [0.15, 0.2) is 176 Å². The van der Waals surface area contributed by atoms with Crippen LogP contribution in [0.3, 0.4) is 0 Å². The Bertz CT molecular complexity index is 2630. The van der Waals surface area contributed by atoms with Crippen LogP contribution in [-0.2, 0) is 0 Å². The highest BCUT2D eigenvalue weighted by molar-refractivity contribution is 6.12. The summed E-state index contributed by atoms with van der Waals surface area (Å²) in [5.41, 5.74) is 11.0. The SMILES string of the molecule is c1ccc(-c2ccc(-n3c4ccccc4c4ccc(-c5ccc6c7ccccc7n(-c7ncc(-c8ccccc8)cn7)c6c5)cc43)nc2)cc1. The Labute approximate surface area is 288 Å². The van der Waals surface area contributed by atoms with Crippen molar-refractivity contribution in [2.75, 3.05) is 0 Å². The summed E-state index contributed by atoms with van der Waals surface area (Å²) in [7, 11) is 0. The fourth-order valence-electron chi connectivity index (χ4n) is 7.30. The van der Waals surface area contributed by atoms with E-state index in [0.717, 1.165) is 66.7 Å². The Morgan fingerprint density at radius 1 is 0.300 bits per heavy atom. The number of nitrogens with zero attached hydrogens (tertiary/aromatic N) is 5. The van der Waals surface area contributed by atoms with Crippen LogP contribution in [0.4, 0.5) is 0 Å². The Balaban J connectivity index is 1.13. The molecule has 0 amide bonds. The first kappa shape index (κ1) is 28.2. The molecule has 0 fully saturated rings. The molecule has 0 aliphatic rings. The van der Waals surface area contributed by atoms with Crippen LogP contribution >= 0.6 is 0 Å². The normalized spacial score (nSPS) is 11.6. The van der Waals surface area contributed by atoms with E-state index in [-0.39, 0.29) is 0 Å². The van der Waals surface area contributed by atoms with E-state index in [1.165, 1.54) is 16.2 Å². The lowest BCUT2D eigenvalue weighted by molar-refractivity contribution is 0.990.